The lowest BCUT2D eigenvalue weighted by molar-refractivity contribution is 0.583. The van der Waals surface area contributed by atoms with Gasteiger partial charge in [-0.3, -0.25) is 4.68 Å². The Hall–Kier alpha value is -1.17. The van der Waals surface area contributed by atoms with Gasteiger partial charge in [0.15, 0.2) is 0 Å². The van der Waals surface area contributed by atoms with E-state index in [9.17, 15) is 8.42 Å². The number of aryl methyl sites for hydroxylation is 1. The zero-order valence-electron chi connectivity index (χ0n) is 9.14. The molecule has 0 atom stereocenters. The Morgan fingerprint density at radius 3 is 2.47 bits per heavy atom. The number of rotatable bonds is 0. The number of nitrogens with zero attached hydrogens (tertiary/aromatic N) is 3. The third-order valence-electron chi connectivity index (χ3n) is 2.33. The van der Waals surface area contributed by atoms with E-state index in [2.05, 4.69) is 9.50 Å². The summed E-state index contributed by atoms with van der Waals surface area (Å²) >= 11 is 0. The Kier molecular flexibility index (Phi) is 1.86. The topological polar surface area (TPSA) is 64.3 Å². The van der Waals surface area contributed by atoms with Crippen LogP contribution in [0.4, 0.5) is 0 Å². The number of hydrogen-bond acceptors (Lipinski definition) is 3. The van der Waals surface area contributed by atoms with Gasteiger partial charge in [-0.25, -0.2) is 0 Å². The largest absolute Gasteiger partial charge is 0.286 e. The van der Waals surface area contributed by atoms with Crippen molar-refractivity contribution in [2.45, 2.75) is 25.7 Å². The summed E-state index contributed by atoms with van der Waals surface area (Å²) in [6, 6.07) is 0. The van der Waals surface area contributed by atoms with Crippen LogP contribution in [-0.4, -0.2) is 23.9 Å². The Morgan fingerprint density at radius 1 is 1.33 bits per heavy atom. The van der Waals surface area contributed by atoms with E-state index in [1.165, 1.54) is 6.20 Å². The van der Waals surface area contributed by atoms with Crippen molar-refractivity contribution >= 4 is 15.7 Å². The fourth-order valence-corrected chi connectivity index (χ4v) is 2.93. The first-order chi connectivity index (χ1) is 6.73. The molecule has 0 aliphatic carbocycles. The molecule has 0 N–H and O–H groups in total. The highest BCUT2D eigenvalue weighted by Gasteiger charge is 2.37. The summed E-state index contributed by atoms with van der Waals surface area (Å²) in [6.45, 7) is 5.80. The summed E-state index contributed by atoms with van der Waals surface area (Å²) in [7, 11) is -1.79. The van der Waals surface area contributed by atoms with E-state index in [4.69, 9.17) is 0 Å². The lowest BCUT2D eigenvalue weighted by Crippen LogP contribution is -2.22. The highest BCUT2D eigenvalue weighted by atomic mass is 32.2. The molecule has 1 aliphatic rings. The second kappa shape index (κ2) is 2.69. The number of aromatic nitrogens is 2. The van der Waals surface area contributed by atoms with Crippen LogP contribution in [-0.2, 0) is 17.1 Å². The molecule has 1 aromatic heterocycles. The highest BCUT2D eigenvalue weighted by Crippen LogP contribution is 2.33. The Morgan fingerprint density at radius 2 is 1.93 bits per heavy atom. The first-order valence-corrected chi connectivity index (χ1v) is 6.05. The quantitative estimate of drug-likeness (QED) is 0.663. The van der Waals surface area contributed by atoms with Gasteiger partial charge in [-0.15, -0.1) is 0 Å². The molecule has 0 bridgehead atoms. The molecular weight excluding hydrogens is 214 g/mol. The lowest BCUT2D eigenvalue weighted by Gasteiger charge is -2.18. The summed E-state index contributed by atoms with van der Waals surface area (Å²) in [4.78, 5) is 0.218. The van der Waals surface area contributed by atoms with Gasteiger partial charge >= 0.3 is 0 Å². The molecule has 2 rings (SSSR count). The fourth-order valence-electron chi connectivity index (χ4n) is 1.58. The fraction of sp³-hybridized carbons (Fsp3) is 0.556. The average molecular weight is 227 g/mol. The van der Waals surface area contributed by atoms with E-state index >= 15 is 0 Å². The van der Waals surface area contributed by atoms with E-state index in [-0.39, 0.29) is 10.3 Å². The third kappa shape index (κ3) is 1.40. The summed E-state index contributed by atoms with van der Waals surface area (Å²) < 4.78 is 28.7. The Bertz CT molecular complexity index is 546. The van der Waals surface area contributed by atoms with Crippen LogP contribution in [0.15, 0.2) is 15.5 Å². The van der Waals surface area contributed by atoms with Gasteiger partial charge in [-0.05, 0) is 0 Å². The van der Waals surface area contributed by atoms with E-state index in [0.717, 1.165) is 0 Å². The van der Waals surface area contributed by atoms with Crippen LogP contribution >= 0.6 is 0 Å². The van der Waals surface area contributed by atoms with Crippen LogP contribution in [0.25, 0.3) is 0 Å². The SMILES string of the molecule is Cn1ncc2c1C(C(C)(C)C)=NS2(=O)=O. The summed E-state index contributed by atoms with van der Waals surface area (Å²) in [6.07, 6.45) is 1.35. The van der Waals surface area contributed by atoms with Crippen LogP contribution in [0.2, 0.25) is 0 Å². The van der Waals surface area contributed by atoms with Crippen molar-refractivity contribution in [3.63, 3.8) is 0 Å². The van der Waals surface area contributed by atoms with Gasteiger partial charge in [0.25, 0.3) is 10.0 Å². The summed E-state index contributed by atoms with van der Waals surface area (Å²) in [5.74, 6) is 0. The average Bonchev–Trinajstić information content (AvgIpc) is 2.52. The molecule has 5 nitrogen and oxygen atoms in total. The van der Waals surface area contributed by atoms with Crippen LogP contribution < -0.4 is 0 Å². The monoisotopic (exact) mass is 227 g/mol. The Labute approximate surface area is 88.9 Å². The normalized spacial score (nSPS) is 18.8. The zero-order chi connectivity index (χ0) is 11.4. The molecule has 0 spiro atoms. The molecule has 0 radical (unpaired) electrons. The minimum absolute atomic E-state index is 0.218. The van der Waals surface area contributed by atoms with Gasteiger partial charge in [-0.2, -0.15) is 17.9 Å². The number of fused-ring (bicyclic) bond motifs is 1. The second-order valence-corrected chi connectivity index (χ2v) is 6.22. The van der Waals surface area contributed by atoms with Crippen molar-refractivity contribution < 1.29 is 8.42 Å². The minimum Gasteiger partial charge on any atom is -0.265 e. The second-order valence-electron chi connectivity index (χ2n) is 4.65. The molecule has 0 saturated carbocycles. The first kappa shape index (κ1) is 10.4. The van der Waals surface area contributed by atoms with Gasteiger partial charge in [0.2, 0.25) is 0 Å². The van der Waals surface area contributed by atoms with Crippen LogP contribution in [0.1, 0.15) is 26.5 Å². The maximum absolute atomic E-state index is 11.7. The molecule has 0 aromatic carbocycles. The summed E-state index contributed by atoms with van der Waals surface area (Å²) in [5.41, 5.74) is 0.895. The van der Waals surface area contributed by atoms with E-state index in [0.29, 0.717) is 11.4 Å². The van der Waals surface area contributed by atoms with Crippen molar-refractivity contribution in [2.24, 2.45) is 16.9 Å². The molecule has 1 aromatic rings. The van der Waals surface area contributed by atoms with E-state index in [1.54, 1.807) is 11.7 Å². The molecular formula is C9H13N3O2S. The maximum atomic E-state index is 11.7. The van der Waals surface area contributed by atoms with E-state index in [1.807, 2.05) is 20.8 Å². The van der Waals surface area contributed by atoms with Gasteiger partial charge in [-0.1, -0.05) is 20.8 Å². The van der Waals surface area contributed by atoms with Crippen molar-refractivity contribution in [1.82, 2.24) is 9.78 Å². The minimum atomic E-state index is -3.51. The lowest BCUT2D eigenvalue weighted by atomic mass is 9.88. The van der Waals surface area contributed by atoms with E-state index < -0.39 is 10.0 Å². The van der Waals surface area contributed by atoms with Crippen LogP contribution in [0.5, 0.6) is 0 Å². The van der Waals surface area contributed by atoms with Crippen LogP contribution in [0, 0.1) is 5.41 Å². The zero-order valence-corrected chi connectivity index (χ0v) is 9.96. The molecule has 6 heteroatoms. The Balaban J connectivity index is 2.78. The van der Waals surface area contributed by atoms with Crippen molar-refractivity contribution in [3.8, 4) is 0 Å². The predicted octanol–water partition coefficient (Wildman–Crippen LogP) is 0.958. The number of hydrogen-bond donors (Lipinski definition) is 0. The van der Waals surface area contributed by atoms with Gasteiger partial charge < -0.3 is 0 Å². The van der Waals surface area contributed by atoms with Crippen molar-refractivity contribution in [3.05, 3.63) is 11.9 Å². The number of sulfonamides is 1. The smallest absolute Gasteiger partial charge is 0.265 e. The first-order valence-electron chi connectivity index (χ1n) is 4.61. The third-order valence-corrected chi connectivity index (χ3v) is 3.61. The van der Waals surface area contributed by atoms with Crippen molar-refractivity contribution in [1.29, 1.82) is 0 Å². The molecule has 15 heavy (non-hydrogen) atoms. The molecule has 82 valence electrons. The standard InChI is InChI=1S/C9H13N3O2S/c1-9(2,3)8-7-6(5-10-12(7)4)15(13,14)11-8/h5H,1-4H3. The predicted molar refractivity (Wildman–Crippen MR) is 56.4 cm³/mol. The molecule has 0 unspecified atom stereocenters. The molecule has 0 amide bonds. The molecule has 0 fully saturated rings. The van der Waals surface area contributed by atoms with Gasteiger partial charge in [0.05, 0.1) is 11.9 Å². The molecule has 1 aliphatic heterocycles. The summed E-state index contributed by atoms with van der Waals surface area (Å²) in [5, 5.41) is 3.95. The van der Waals surface area contributed by atoms with Gasteiger partial charge in [0, 0.05) is 12.5 Å². The maximum Gasteiger partial charge on any atom is 0.286 e. The molecule has 2 heterocycles. The highest BCUT2D eigenvalue weighted by molar-refractivity contribution is 7.90. The van der Waals surface area contributed by atoms with Crippen molar-refractivity contribution in [2.75, 3.05) is 0 Å². The van der Waals surface area contributed by atoms with Gasteiger partial charge in [0.1, 0.15) is 10.6 Å². The molecule has 0 saturated heterocycles. The van der Waals surface area contributed by atoms with Crippen LogP contribution in [0.3, 0.4) is 0 Å².